The van der Waals surface area contributed by atoms with Gasteiger partial charge < -0.3 is 8.83 Å². The SMILES string of the molecule is O=C(c1occc1-c1ccc(F)cc1)c1occc1-c1ccc(F)cc1. The Labute approximate surface area is 147 Å². The first-order valence-electron chi connectivity index (χ1n) is 7.85. The van der Waals surface area contributed by atoms with Crippen molar-refractivity contribution >= 4 is 5.78 Å². The molecule has 128 valence electrons. The summed E-state index contributed by atoms with van der Waals surface area (Å²) in [5.74, 6) is -0.993. The predicted octanol–water partition coefficient (Wildman–Crippen LogP) is 5.72. The van der Waals surface area contributed by atoms with Gasteiger partial charge in [0.2, 0.25) is 0 Å². The maximum absolute atomic E-state index is 13.1. The van der Waals surface area contributed by atoms with Crippen LogP contribution in [0.5, 0.6) is 0 Å². The fourth-order valence-electron chi connectivity index (χ4n) is 2.79. The third-order valence-corrected chi connectivity index (χ3v) is 4.05. The topological polar surface area (TPSA) is 43.4 Å². The van der Waals surface area contributed by atoms with Gasteiger partial charge in [-0.1, -0.05) is 24.3 Å². The largest absolute Gasteiger partial charge is 0.460 e. The van der Waals surface area contributed by atoms with Crippen LogP contribution in [0.25, 0.3) is 22.3 Å². The molecule has 26 heavy (non-hydrogen) atoms. The zero-order chi connectivity index (χ0) is 18.1. The zero-order valence-electron chi connectivity index (χ0n) is 13.4. The Kier molecular flexibility index (Phi) is 3.97. The van der Waals surface area contributed by atoms with Gasteiger partial charge in [-0.15, -0.1) is 0 Å². The van der Waals surface area contributed by atoms with E-state index in [0.717, 1.165) is 0 Å². The van der Waals surface area contributed by atoms with Crippen LogP contribution in [-0.4, -0.2) is 5.78 Å². The van der Waals surface area contributed by atoms with E-state index in [1.807, 2.05) is 0 Å². The summed E-state index contributed by atoms with van der Waals surface area (Å²) < 4.78 is 37.1. The highest BCUT2D eigenvalue weighted by Gasteiger charge is 2.24. The van der Waals surface area contributed by atoms with Gasteiger partial charge in [0, 0.05) is 11.1 Å². The molecule has 4 aromatic rings. The summed E-state index contributed by atoms with van der Waals surface area (Å²) in [6.45, 7) is 0. The van der Waals surface area contributed by atoms with Crippen LogP contribution in [0.1, 0.15) is 16.3 Å². The van der Waals surface area contributed by atoms with Crippen LogP contribution in [0.4, 0.5) is 8.78 Å². The van der Waals surface area contributed by atoms with Crippen LogP contribution < -0.4 is 0 Å². The number of hydrogen-bond donors (Lipinski definition) is 0. The highest BCUT2D eigenvalue weighted by atomic mass is 19.1. The molecule has 0 aliphatic carbocycles. The molecule has 0 aliphatic rings. The average Bonchev–Trinajstić information content (AvgIpc) is 3.32. The molecule has 2 aromatic heterocycles. The zero-order valence-corrected chi connectivity index (χ0v) is 13.4. The summed E-state index contributed by atoms with van der Waals surface area (Å²) in [5, 5.41) is 0. The Morgan fingerprint density at radius 2 is 1.00 bits per heavy atom. The molecule has 0 radical (unpaired) electrons. The highest BCUT2D eigenvalue weighted by molar-refractivity contribution is 6.12. The summed E-state index contributed by atoms with van der Waals surface area (Å²) in [6.07, 6.45) is 2.79. The fourth-order valence-corrected chi connectivity index (χ4v) is 2.79. The van der Waals surface area contributed by atoms with Crippen molar-refractivity contribution in [3.8, 4) is 22.3 Å². The molecule has 0 aliphatic heterocycles. The minimum Gasteiger partial charge on any atom is -0.460 e. The number of hydrogen-bond acceptors (Lipinski definition) is 3. The first-order valence-corrected chi connectivity index (χ1v) is 7.85. The molecule has 0 saturated carbocycles. The summed E-state index contributed by atoms with van der Waals surface area (Å²) in [5.41, 5.74) is 2.38. The van der Waals surface area contributed by atoms with E-state index in [-0.39, 0.29) is 23.2 Å². The molecular formula is C21H12F2O3. The van der Waals surface area contributed by atoms with Gasteiger partial charge in [0.25, 0.3) is 5.78 Å². The van der Waals surface area contributed by atoms with Crippen molar-refractivity contribution in [2.45, 2.75) is 0 Å². The molecule has 0 fully saturated rings. The third kappa shape index (κ3) is 2.84. The van der Waals surface area contributed by atoms with E-state index in [1.54, 1.807) is 36.4 Å². The Balaban J connectivity index is 1.75. The number of benzene rings is 2. The molecule has 4 rings (SSSR count). The molecular weight excluding hydrogens is 338 g/mol. The Bertz CT molecular complexity index is 972. The second kappa shape index (κ2) is 6.44. The molecule has 3 nitrogen and oxygen atoms in total. The number of ketones is 1. The molecule has 5 heteroatoms. The summed E-state index contributed by atoms with van der Waals surface area (Å²) >= 11 is 0. The van der Waals surface area contributed by atoms with Gasteiger partial charge in [-0.2, -0.15) is 0 Å². The lowest BCUT2D eigenvalue weighted by Crippen LogP contribution is -2.02. The Morgan fingerprint density at radius 3 is 1.38 bits per heavy atom. The lowest BCUT2D eigenvalue weighted by Gasteiger charge is -2.04. The lowest BCUT2D eigenvalue weighted by atomic mass is 10.00. The number of carbonyl (C=O) groups is 1. The summed E-state index contributed by atoms with van der Waals surface area (Å²) in [7, 11) is 0. The van der Waals surface area contributed by atoms with E-state index < -0.39 is 5.78 Å². The van der Waals surface area contributed by atoms with Crippen LogP contribution in [-0.2, 0) is 0 Å². The van der Waals surface area contributed by atoms with E-state index in [9.17, 15) is 13.6 Å². The van der Waals surface area contributed by atoms with Gasteiger partial charge in [0.1, 0.15) is 11.6 Å². The quantitative estimate of drug-likeness (QED) is 0.442. The van der Waals surface area contributed by atoms with Crippen molar-refractivity contribution < 1.29 is 22.4 Å². The average molecular weight is 350 g/mol. The van der Waals surface area contributed by atoms with Crippen LogP contribution in [0, 0.1) is 11.6 Å². The molecule has 0 atom stereocenters. The highest BCUT2D eigenvalue weighted by Crippen LogP contribution is 2.31. The molecule has 2 aromatic carbocycles. The van der Waals surface area contributed by atoms with E-state index in [0.29, 0.717) is 22.3 Å². The first kappa shape index (κ1) is 16.0. The van der Waals surface area contributed by atoms with Crippen molar-refractivity contribution in [2.75, 3.05) is 0 Å². The number of carbonyl (C=O) groups excluding carboxylic acids is 1. The molecule has 0 N–H and O–H groups in total. The summed E-state index contributed by atoms with van der Waals surface area (Å²) in [6, 6.07) is 14.8. The smallest absolute Gasteiger partial charge is 0.264 e. The molecule has 0 spiro atoms. The minimum atomic E-state index is -0.446. The van der Waals surface area contributed by atoms with Crippen LogP contribution >= 0.6 is 0 Å². The van der Waals surface area contributed by atoms with Crippen LogP contribution in [0.3, 0.4) is 0 Å². The molecule has 0 unspecified atom stereocenters. The standard InChI is InChI=1S/C21H12F2O3/c22-15-5-1-13(2-6-15)17-9-11-25-20(17)19(24)21-18(10-12-26-21)14-3-7-16(23)8-4-14/h1-12H. The predicted molar refractivity (Wildman–Crippen MR) is 91.6 cm³/mol. The number of halogens is 2. The fraction of sp³-hybridized carbons (Fsp3) is 0. The second-order valence-electron chi connectivity index (χ2n) is 5.67. The van der Waals surface area contributed by atoms with E-state index in [4.69, 9.17) is 8.83 Å². The third-order valence-electron chi connectivity index (χ3n) is 4.05. The second-order valence-corrected chi connectivity index (χ2v) is 5.67. The molecule has 0 saturated heterocycles. The van der Waals surface area contributed by atoms with Gasteiger partial charge in [-0.25, -0.2) is 8.78 Å². The van der Waals surface area contributed by atoms with Crippen molar-refractivity contribution in [3.05, 3.63) is 96.3 Å². The lowest BCUT2D eigenvalue weighted by molar-refractivity contribution is 0.0985. The van der Waals surface area contributed by atoms with Crippen molar-refractivity contribution in [1.82, 2.24) is 0 Å². The Hall–Kier alpha value is -3.47. The van der Waals surface area contributed by atoms with Crippen molar-refractivity contribution in [2.24, 2.45) is 0 Å². The molecule has 2 heterocycles. The maximum atomic E-state index is 13.1. The summed E-state index contributed by atoms with van der Waals surface area (Å²) in [4.78, 5) is 13.0. The Morgan fingerprint density at radius 1 is 0.615 bits per heavy atom. The van der Waals surface area contributed by atoms with Crippen molar-refractivity contribution in [3.63, 3.8) is 0 Å². The van der Waals surface area contributed by atoms with Gasteiger partial charge in [-0.05, 0) is 47.5 Å². The number of rotatable bonds is 4. The van der Waals surface area contributed by atoms with Gasteiger partial charge in [0.05, 0.1) is 12.5 Å². The normalized spacial score (nSPS) is 10.8. The van der Waals surface area contributed by atoms with Crippen LogP contribution in [0.15, 0.2) is 82.0 Å². The van der Waals surface area contributed by atoms with Crippen molar-refractivity contribution in [1.29, 1.82) is 0 Å². The first-order chi connectivity index (χ1) is 12.6. The van der Waals surface area contributed by atoms with Gasteiger partial charge in [0.15, 0.2) is 11.5 Å². The number of furan rings is 2. The molecule has 0 bridgehead atoms. The van der Waals surface area contributed by atoms with E-state index in [2.05, 4.69) is 0 Å². The van der Waals surface area contributed by atoms with E-state index in [1.165, 1.54) is 36.8 Å². The molecule has 0 amide bonds. The van der Waals surface area contributed by atoms with Crippen LogP contribution in [0.2, 0.25) is 0 Å². The van der Waals surface area contributed by atoms with Gasteiger partial charge in [-0.3, -0.25) is 4.79 Å². The monoisotopic (exact) mass is 350 g/mol. The minimum absolute atomic E-state index is 0.0925. The van der Waals surface area contributed by atoms with E-state index >= 15 is 0 Å². The maximum Gasteiger partial charge on any atom is 0.264 e. The van der Waals surface area contributed by atoms with Gasteiger partial charge >= 0.3 is 0 Å².